The summed E-state index contributed by atoms with van der Waals surface area (Å²) in [5, 5.41) is 12.6. The van der Waals surface area contributed by atoms with Crippen molar-refractivity contribution in [3.05, 3.63) is 22.9 Å². The van der Waals surface area contributed by atoms with Gasteiger partial charge in [0.15, 0.2) is 0 Å². The Balaban J connectivity index is 1.57. The van der Waals surface area contributed by atoms with Crippen molar-refractivity contribution in [2.45, 2.75) is 44.2 Å². The standard InChI is InChI=1S/C17H22N4O/c18-9-13-10-20-16(14-3-6-19-11-15(13)14)22-12-17-4-1-7-21(17)8-2-5-17/h10,19H,1-8,11-12H2. The first kappa shape index (κ1) is 14.0. The van der Waals surface area contributed by atoms with Crippen molar-refractivity contribution < 1.29 is 4.74 Å². The fourth-order valence-corrected chi connectivity index (χ4v) is 4.34. The summed E-state index contributed by atoms with van der Waals surface area (Å²) >= 11 is 0. The Kier molecular flexibility index (Phi) is 3.51. The minimum atomic E-state index is 0.245. The lowest BCUT2D eigenvalue weighted by Gasteiger charge is -2.32. The highest BCUT2D eigenvalue weighted by Crippen LogP contribution is 2.39. The molecule has 3 aliphatic rings. The van der Waals surface area contributed by atoms with Crippen molar-refractivity contribution in [1.29, 1.82) is 5.26 Å². The van der Waals surface area contributed by atoms with Gasteiger partial charge in [-0.1, -0.05) is 0 Å². The normalized spacial score (nSPS) is 22.9. The van der Waals surface area contributed by atoms with Gasteiger partial charge < -0.3 is 10.1 Å². The minimum absolute atomic E-state index is 0.245. The molecule has 0 aliphatic carbocycles. The number of fused-ring (bicyclic) bond motifs is 2. The lowest BCUT2D eigenvalue weighted by Crippen LogP contribution is -2.43. The van der Waals surface area contributed by atoms with Crippen molar-refractivity contribution in [2.75, 3.05) is 26.2 Å². The monoisotopic (exact) mass is 298 g/mol. The van der Waals surface area contributed by atoms with Crippen LogP contribution in [0.1, 0.15) is 42.4 Å². The number of pyridine rings is 1. The molecule has 1 aromatic heterocycles. The molecule has 22 heavy (non-hydrogen) atoms. The summed E-state index contributed by atoms with van der Waals surface area (Å²) in [7, 11) is 0. The lowest BCUT2D eigenvalue weighted by molar-refractivity contribution is 0.110. The predicted octanol–water partition coefficient (Wildman–Crippen LogP) is 1.61. The number of hydrogen-bond donors (Lipinski definition) is 1. The molecule has 3 aliphatic heterocycles. The maximum Gasteiger partial charge on any atom is 0.217 e. The smallest absolute Gasteiger partial charge is 0.217 e. The van der Waals surface area contributed by atoms with E-state index in [2.05, 4.69) is 21.3 Å². The Hall–Kier alpha value is -1.64. The van der Waals surface area contributed by atoms with E-state index in [1.807, 2.05) is 0 Å². The molecule has 4 heterocycles. The fraction of sp³-hybridized carbons (Fsp3) is 0.647. The van der Waals surface area contributed by atoms with E-state index in [1.165, 1.54) is 38.8 Å². The molecular weight excluding hydrogens is 276 g/mol. The highest BCUT2D eigenvalue weighted by molar-refractivity contribution is 5.46. The third-order valence-corrected chi connectivity index (χ3v) is 5.52. The average molecular weight is 298 g/mol. The van der Waals surface area contributed by atoms with Gasteiger partial charge in [0, 0.05) is 18.3 Å². The molecule has 0 saturated carbocycles. The highest BCUT2D eigenvalue weighted by Gasteiger charge is 2.45. The van der Waals surface area contributed by atoms with Gasteiger partial charge in [0.1, 0.15) is 12.7 Å². The van der Waals surface area contributed by atoms with Crippen molar-refractivity contribution in [1.82, 2.24) is 15.2 Å². The third kappa shape index (κ3) is 2.18. The average Bonchev–Trinajstić information content (AvgIpc) is 3.12. The molecule has 0 spiro atoms. The highest BCUT2D eigenvalue weighted by atomic mass is 16.5. The minimum Gasteiger partial charge on any atom is -0.475 e. The van der Waals surface area contributed by atoms with Crippen LogP contribution < -0.4 is 10.1 Å². The van der Waals surface area contributed by atoms with Gasteiger partial charge in [0.25, 0.3) is 0 Å². The SMILES string of the molecule is N#Cc1cnc(OCC23CCCN2CCC3)c2c1CNCC2. The van der Waals surface area contributed by atoms with Gasteiger partial charge in [-0.15, -0.1) is 0 Å². The van der Waals surface area contributed by atoms with Crippen LogP contribution >= 0.6 is 0 Å². The van der Waals surface area contributed by atoms with Crippen molar-refractivity contribution >= 4 is 0 Å². The largest absolute Gasteiger partial charge is 0.475 e. The molecule has 0 amide bonds. The second-order valence-corrected chi connectivity index (χ2v) is 6.68. The van der Waals surface area contributed by atoms with Gasteiger partial charge in [-0.25, -0.2) is 4.98 Å². The summed E-state index contributed by atoms with van der Waals surface area (Å²) in [5.41, 5.74) is 3.13. The summed E-state index contributed by atoms with van der Waals surface area (Å²) in [5.74, 6) is 0.753. The van der Waals surface area contributed by atoms with Crippen molar-refractivity contribution in [2.24, 2.45) is 0 Å². The number of nitrogens with one attached hydrogen (secondary N) is 1. The van der Waals surface area contributed by atoms with Gasteiger partial charge in [-0.05, 0) is 57.3 Å². The zero-order valence-electron chi connectivity index (χ0n) is 12.9. The molecule has 0 bridgehead atoms. The molecule has 4 rings (SSSR count). The number of rotatable bonds is 3. The molecular formula is C17H22N4O. The van der Waals surface area contributed by atoms with E-state index in [0.717, 1.165) is 43.1 Å². The first-order valence-electron chi connectivity index (χ1n) is 8.32. The Labute approximate surface area is 131 Å². The zero-order chi connectivity index (χ0) is 15.0. The number of nitrogens with zero attached hydrogens (tertiary/aromatic N) is 3. The molecule has 0 aromatic carbocycles. The van der Waals surface area contributed by atoms with Gasteiger partial charge in [-0.3, -0.25) is 4.90 Å². The van der Waals surface area contributed by atoms with E-state index in [-0.39, 0.29) is 5.54 Å². The summed E-state index contributed by atoms with van der Waals surface area (Å²) in [6, 6.07) is 2.25. The van der Waals surface area contributed by atoms with E-state index >= 15 is 0 Å². The number of ether oxygens (including phenoxy) is 1. The first-order chi connectivity index (χ1) is 10.8. The van der Waals surface area contributed by atoms with Crippen LogP contribution in [0.3, 0.4) is 0 Å². The second-order valence-electron chi connectivity index (χ2n) is 6.68. The Morgan fingerprint density at radius 1 is 1.32 bits per heavy atom. The lowest BCUT2D eigenvalue weighted by atomic mass is 9.95. The molecule has 116 valence electrons. The van der Waals surface area contributed by atoms with Crippen LogP contribution in [0, 0.1) is 11.3 Å². The van der Waals surface area contributed by atoms with Crippen molar-refractivity contribution in [3.63, 3.8) is 0 Å². The second kappa shape index (κ2) is 5.53. The topological polar surface area (TPSA) is 61.2 Å². The quantitative estimate of drug-likeness (QED) is 0.918. The molecule has 5 heteroatoms. The molecule has 0 unspecified atom stereocenters. The summed E-state index contributed by atoms with van der Waals surface area (Å²) in [6.07, 6.45) is 7.61. The van der Waals surface area contributed by atoms with Gasteiger partial charge in [0.05, 0.1) is 11.1 Å². The van der Waals surface area contributed by atoms with Crippen LogP contribution in [-0.2, 0) is 13.0 Å². The molecule has 5 nitrogen and oxygen atoms in total. The summed E-state index contributed by atoms with van der Waals surface area (Å²) in [6.45, 7) is 4.84. The van der Waals surface area contributed by atoms with Gasteiger partial charge >= 0.3 is 0 Å². The Morgan fingerprint density at radius 2 is 2.14 bits per heavy atom. The molecule has 2 fully saturated rings. The van der Waals surface area contributed by atoms with Crippen LogP contribution in [0.15, 0.2) is 6.20 Å². The van der Waals surface area contributed by atoms with E-state index in [0.29, 0.717) is 5.56 Å². The van der Waals surface area contributed by atoms with E-state index in [9.17, 15) is 5.26 Å². The molecule has 1 aromatic rings. The van der Waals surface area contributed by atoms with Crippen LogP contribution in [0.25, 0.3) is 0 Å². The first-order valence-corrected chi connectivity index (χ1v) is 8.32. The molecule has 2 saturated heterocycles. The maximum atomic E-state index is 9.24. The molecule has 0 radical (unpaired) electrons. The summed E-state index contributed by atoms with van der Waals surface area (Å²) < 4.78 is 6.20. The van der Waals surface area contributed by atoms with Crippen LogP contribution in [0.5, 0.6) is 5.88 Å². The number of nitriles is 1. The van der Waals surface area contributed by atoms with Gasteiger partial charge in [-0.2, -0.15) is 5.26 Å². The number of aromatic nitrogens is 1. The zero-order valence-corrected chi connectivity index (χ0v) is 12.9. The number of hydrogen-bond acceptors (Lipinski definition) is 5. The van der Waals surface area contributed by atoms with Crippen LogP contribution in [0.4, 0.5) is 0 Å². The fourth-order valence-electron chi connectivity index (χ4n) is 4.34. The maximum absolute atomic E-state index is 9.24. The van der Waals surface area contributed by atoms with Crippen molar-refractivity contribution in [3.8, 4) is 11.9 Å². The molecule has 0 atom stereocenters. The van der Waals surface area contributed by atoms with E-state index in [4.69, 9.17) is 4.74 Å². The molecule has 1 N–H and O–H groups in total. The van der Waals surface area contributed by atoms with Crippen LogP contribution in [-0.4, -0.2) is 41.7 Å². The van der Waals surface area contributed by atoms with Crippen LogP contribution in [0.2, 0.25) is 0 Å². The Bertz CT molecular complexity index is 612. The Morgan fingerprint density at radius 3 is 2.91 bits per heavy atom. The van der Waals surface area contributed by atoms with E-state index in [1.54, 1.807) is 6.20 Å². The van der Waals surface area contributed by atoms with E-state index < -0.39 is 0 Å². The van der Waals surface area contributed by atoms with Gasteiger partial charge in [0.2, 0.25) is 5.88 Å². The third-order valence-electron chi connectivity index (χ3n) is 5.52. The predicted molar refractivity (Wildman–Crippen MR) is 82.6 cm³/mol. The summed E-state index contributed by atoms with van der Waals surface area (Å²) in [4.78, 5) is 7.05.